The first-order valence-corrected chi connectivity index (χ1v) is 4.54. The number of carboxylic acids is 2. The molecule has 6 nitrogen and oxygen atoms in total. The summed E-state index contributed by atoms with van der Waals surface area (Å²) in [5.41, 5.74) is -0.335. The van der Waals surface area contributed by atoms with Crippen molar-refractivity contribution in [2.45, 2.75) is 26.0 Å². The fourth-order valence-electron chi connectivity index (χ4n) is 0.910. The molecule has 0 aliphatic carbocycles. The van der Waals surface area contributed by atoms with Gasteiger partial charge in [-0.15, -0.1) is 0 Å². The van der Waals surface area contributed by atoms with Crippen LogP contribution in [0.5, 0.6) is 0 Å². The number of hydrogen-bond donors (Lipinski definition) is 4. The topological polar surface area (TPSA) is 107 Å². The molecule has 1 unspecified atom stereocenters. The number of aliphatic carboxylic acids is 2. The van der Waals surface area contributed by atoms with E-state index in [0.717, 1.165) is 12.5 Å². The van der Waals surface area contributed by atoms with Crippen LogP contribution in [0.25, 0.3) is 0 Å². The van der Waals surface area contributed by atoms with E-state index in [9.17, 15) is 14.7 Å². The van der Waals surface area contributed by atoms with E-state index < -0.39 is 24.6 Å². The Morgan fingerprint density at radius 3 is 2.40 bits per heavy atom. The number of carboxylic acid groups (broad SMARTS) is 2. The second-order valence-corrected chi connectivity index (χ2v) is 2.97. The molecule has 0 saturated heterocycles. The van der Waals surface area contributed by atoms with E-state index >= 15 is 0 Å². The summed E-state index contributed by atoms with van der Waals surface area (Å²) in [5.74, 6) is -2.58. The predicted octanol–water partition coefficient (Wildman–Crippen LogP) is -0.210. The summed E-state index contributed by atoms with van der Waals surface area (Å²) in [6, 6.07) is 0. The molecule has 0 aromatic carbocycles. The monoisotopic (exact) mass is 217 g/mol. The summed E-state index contributed by atoms with van der Waals surface area (Å²) < 4.78 is 0. The van der Waals surface area contributed by atoms with Gasteiger partial charge in [0.25, 0.3) is 0 Å². The molecule has 4 N–H and O–H groups in total. The van der Waals surface area contributed by atoms with Gasteiger partial charge in [0.05, 0.1) is 6.42 Å². The Kier molecular flexibility index (Phi) is 6.32. The lowest BCUT2D eigenvalue weighted by molar-refractivity contribution is -0.139. The van der Waals surface area contributed by atoms with Crippen molar-refractivity contribution in [1.82, 2.24) is 5.32 Å². The maximum Gasteiger partial charge on any atom is 0.331 e. The number of carbonyl (C=O) groups is 2. The van der Waals surface area contributed by atoms with Crippen molar-refractivity contribution < 1.29 is 24.9 Å². The maximum absolute atomic E-state index is 10.6. The maximum atomic E-state index is 10.6. The van der Waals surface area contributed by atoms with Crippen LogP contribution in [0, 0.1) is 0 Å². The summed E-state index contributed by atoms with van der Waals surface area (Å²) in [5, 5.41) is 28.9. The first-order valence-electron chi connectivity index (χ1n) is 4.54. The standard InChI is InChI=1S/C9H15NO5/c1-2-3-10-7(11)4-6(9(14)15)5-8(12)13/h4,7,10-11H,2-3,5H2,1H3,(H,12,13)(H,14,15)/b6-4-. The Morgan fingerprint density at radius 2 is 2.00 bits per heavy atom. The third kappa shape index (κ3) is 6.64. The normalized spacial score (nSPS) is 13.6. The molecule has 0 aromatic heterocycles. The Morgan fingerprint density at radius 1 is 1.40 bits per heavy atom. The molecule has 0 radical (unpaired) electrons. The number of rotatable bonds is 7. The smallest absolute Gasteiger partial charge is 0.331 e. The van der Waals surface area contributed by atoms with Crippen molar-refractivity contribution in [3.63, 3.8) is 0 Å². The molecule has 0 aliphatic rings. The van der Waals surface area contributed by atoms with Crippen LogP contribution in [-0.4, -0.2) is 40.0 Å². The van der Waals surface area contributed by atoms with Gasteiger partial charge in [-0.1, -0.05) is 6.92 Å². The second-order valence-electron chi connectivity index (χ2n) is 2.97. The number of nitrogens with one attached hydrogen (secondary N) is 1. The average Bonchev–Trinajstić information content (AvgIpc) is 2.12. The molecule has 0 saturated carbocycles. The van der Waals surface area contributed by atoms with Crippen LogP contribution < -0.4 is 5.32 Å². The van der Waals surface area contributed by atoms with Gasteiger partial charge in [-0.05, 0) is 19.0 Å². The highest BCUT2D eigenvalue weighted by Gasteiger charge is 2.13. The third-order valence-electron chi connectivity index (χ3n) is 1.58. The summed E-state index contributed by atoms with van der Waals surface area (Å²) in [6.07, 6.45) is 0.0360. The lowest BCUT2D eigenvalue weighted by Crippen LogP contribution is -2.28. The molecule has 6 heteroatoms. The molecule has 0 amide bonds. The zero-order chi connectivity index (χ0) is 11.8. The molecular formula is C9H15NO5. The van der Waals surface area contributed by atoms with E-state index in [1.807, 2.05) is 6.92 Å². The average molecular weight is 217 g/mol. The van der Waals surface area contributed by atoms with Gasteiger partial charge in [-0.25, -0.2) is 4.79 Å². The van der Waals surface area contributed by atoms with Gasteiger partial charge in [-0.3, -0.25) is 10.1 Å². The van der Waals surface area contributed by atoms with Gasteiger partial charge in [0.15, 0.2) is 0 Å². The van der Waals surface area contributed by atoms with Gasteiger partial charge >= 0.3 is 11.9 Å². The molecule has 0 aromatic rings. The van der Waals surface area contributed by atoms with Crippen LogP contribution in [-0.2, 0) is 9.59 Å². The molecule has 0 bridgehead atoms. The molecular weight excluding hydrogens is 202 g/mol. The molecule has 15 heavy (non-hydrogen) atoms. The van der Waals surface area contributed by atoms with Gasteiger partial charge < -0.3 is 15.3 Å². The Balaban J connectivity index is 4.39. The van der Waals surface area contributed by atoms with Crippen molar-refractivity contribution in [2.75, 3.05) is 6.54 Å². The molecule has 0 spiro atoms. The van der Waals surface area contributed by atoms with Crippen LogP contribution in [0.4, 0.5) is 0 Å². The highest BCUT2D eigenvalue weighted by Crippen LogP contribution is 2.02. The highest BCUT2D eigenvalue weighted by molar-refractivity contribution is 5.92. The van der Waals surface area contributed by atoms with Crippen LogP contribution in [0.3, 0.4) is 0 Å². The lowest BCUT2D eigenvalue weighted by Gasteiger charge is -2.08. The minimum atomic E-state index is -1.34. The molecule has 86 valence electrons. The van der Waals surface area contributed by atoms with Gasteiger partial charge in [0.1, 0.15) is 6.23 Å². The first-order chi connectivity index (χ1) is 6.97. The van der Waals surface area contributed by atoms with E-state index in [2.05, 4.69) is 5.32 Å². The van der Waals surface area contributed by atoms with Crippen LogP contribution in [0.2, 0.25) is 0 Å². The van der Waals surface area contributed by atoms with E-state index in [1.54, 1.807) is 0 Å². The number of aliphatic hydroxyl groups is 1. The quantitative estimate of drug-likeness (QED) is 0.347. The fourth-order valence-corrected chi connectivity index (χ4v) is 0.910. The molecule has 0 rings (SSSR count). The fraction of sp³-hybridized carbons (Fsp3) is 0.556. The van der Waals surface area contributed by atoms with E-state index in [1.165, 1.54) is 0 Å². The second kappa shape index (κ2) is 6.97. The Hall–Kier alpha value is -1.40. The van der Waals surface area contributed by atoms with Gasteiger partial charge in [-0.2, -0.15) is 0 Å². The number of aliphatic hydroxyl groups excluding tert-OH is 1. The molecule has 0 aliphatic heterocycles. The summed E-state index contributed by atoms with van der Waals surface area (Å²) >= 11 is 0. The highest BCUT2D eigenvalue weighted by atomic mass is 16.4. The van der Waals surface area contributed by atoms with Crippen molar-refractivity contribution >= 4 is 11.9 Å². The van der Waals surface area contributed by atoms with E-state index in [-0.39, 0.29) is 5.57 Å². The predicted molar refractivity (Wildman–Crippen MR) is 52.3 cm³/mol. The largest absolute Gasteiger partial charge is 0.481 e. The van der Waals surface area contributed by atoms with Crippen molar-refractivity contribution in [3.8, 4) is 0 Å². The Labute approximate surface area is 87.2 Å². The molecule has 0 fully saturated rings. The lowest BCUT2D eigenvalue weighted by atomic mass is 10.1. The van der Waals surface area contributed by atoms with Crippen molar-refractivity contribution in [3.05, 3.63) is 11.6 Å². The first kappa shape index (κ1) is 13.6. The summed E-state index contributed by atoms with van der Waals surface area (Å²) in [7, 11) is 0. The van der Waals surface area contributed by atoms with Gasteiger partial charge in [0, 0.05) is 5.57 Å². The van der Waals surface area contributed by atoms with Crippen LogP contribution in [0.15, 0.2) is 11.6 Å². The molecule has 1 atom stereocenters. The van der Waals surface area contributed by atoms with Gasteiger partial charge in [0.2, 0.25) is 0 Å². The summed E-state index contributed by atoms with van der Waals surface area (Å²) in [6.45, 7) is 2.41. The SMILES string of the molecule is CCCNC(O)/C=C(/CC(=O)O)C(=O)O. The van der Waals surface area contributed by atoms with Crippen molar-refractivity contribution in [1.29, 1.82) is 0 Å². The van der Waals surface area contributed by atoms with Crippen LogP contribution >= 0.6 is 0 Å². The zero-order valence-electron chi connectivity index (χ0n) is 8.43. The van der Waals surface area contributed by atoms with E-state index in [0.29, 0.717) is 6.54 Å². The zero-order valence-corrected chi connectivity index (χ0v) is 8.43. The molecule has 0 heterocycles. The van der Waals surface area contributed by atoms with Crippen molar-refractivity contribution in [2.24, 2.45) is 0 Å². The summed E-state index contributed by atoms with van der Waals surface area (Å²) in [4.78, 5) is 20.9. The van der Waals surface area contributed by atoms with E-state index in [4.69, 9.17) is 10.2 Å². The minimum Gasteiger partial charge on any atom is -0.481 e. The van der Waals surface area contributed by atoms with Crippen LogP contribution in [0.1, 0.15) is 19.8 Å². The number of hydrogen-bond acceptors (Lipinski definition) is 4. The Bertz CT molecular complexity index is 261. The minimum absolute atomic E-state index is 0.335. The third-order valence-corrected chi connectivity index (χ3v) is 1.58.